The minimum atomic E-state index is 0.737. The molecule has 0 atom stereocenters. The molecule has 0 N–H and O–H groups in total. The Hall–Kier alpha value is -3.16. The van der Waals surface area contributed by atoms with Gasteiger partial charge in [-0.25, -0.2) is 4.98 Å². The zero-order valence-corrected chi connectivity index (χ0v) is 18.6. The van der Waals surface area contributed by atoms with Crippen molar-refractivity contribution in [2.75, 3.05) is 0 Å². The molecular formula is C24H20N4OS2. The van der Waals surface area contributed by atoms with Crippen LogP contribution in [0.25, 0.3) is 17.1 Å². The molecule has 0 spiro atoms. The molecule has 5 rings (SSSR count). The van der Waals surface area contributed by atoms with E-state index in [2.05, 4.69) is 56.5 Å². The smallest absolute Gasteiger partial charge is 0.196 e. The number of hydrogen-bond donors (Lipinski definition) is 0. The number of benzene rings is 2. The minimum Gasteiger partial charge on any atom is -0.469 e. The maximum Gasteiger partial charge on any atom is 0.196 e. The largest absolute Gasteiger partial charge is 0.469 e. The summed E-state index contributed by atoms with van der Waals surface area (Å²) in [5, 5.41) is 13.1. The lowest BCUT2D eigenvalue weighted by molar-refractivity contribution is 0.535. The second kappa shape index (κ2) is 8.91. The van der Waals surface area contributed by atoms with Crippen molar-refractivity contribution >= 4 is 23.1 Å². The van der Waals surface area contributed by atoms with Crippen molar-refractivity contribution in [1.82, 2.24) is 19.7 Å². The molecule has 7 heteroatoms. The molecule has 3 aromatic heterocycles. The fourth-order valence-electron chi connectivity index (χ4n) is 3.37. The zero-order valence-electron chi connectivity index (χ0n) is 16.9. The van der Waals surface area contributed by atoms with Gasteiger partial charge in [-0.05, 0) is 30.7 Å². The lowest BCUT2D eigenvalue weighted by atomic mass is 10.2. The van der Waals surface area contributed by atoms with Crippen LogP contribution in [0, 0.1) is 6.92 Å². The molecule has 0 bridgehead atoms. The summed E-state index contributed by atoms with van der Waals surface area (Å²) in [4.78, 5) is 4.82. The van der Waals surface area contributed by atoms with Crippen molar-refractivity contribution in [3.63, 3.8) is 0 Å². The summed E-state index contributed by atoms with van der Waals surface area (Å²) in [5.41, 5.74) is 4.31. The first-order chi connectivity index (χ1) is 15.3. The van der Waals surface area contributed by atoms with E-state index in [0.717, 1.165) is 50.9 Å². The molecule has 3 heterocycles. The topological polar surface area (TPSA) is 56.7 Å². The van der Waals surface area contributed by atoms with Crippen LogP contribution in [0.3, 0.4) is 0 Å². The Morgan fingerprint density at radius 3 is 2.48 bits per heavy atom. The number of nitrogens with zero attached hydrogens (tertiary/aromatic N) is 4. The molecule has 0 aliphatic heterocycles. The number of thiazole rings is 1. The van der Waals surface area contributed by atoms with E-state index in [1.54, 1.807) is 29.4 Å². The van der Waals surface area contributed by atoms with Gasteiger partial charge in [0.05, 0.1) is 22.5 Å². The van der Waals surface area contributed by atoms with E-state index in [9.17, 15) is 0 Å². The van der Waals surface area contributed by atoms with Crippen LogP contribution in [0.2, 0.25) is 0 Å². The van der Waals surface area contributed by atoms with Crippen LogP contribution < -0.4 is 0 Å². The van der Waals surface area contributed by atoms with Crippen molar-refractivity contribution in [2.24, 2.45) is 0 Å². The van der Waals surface area contributed by atoms with Gasteiger partial charge in [0.2, 0.25) is 0 Å². The van der Waals surface area contributed by atoms with Crippen LogP contribution in [-0.4, -0.2) is 19.7 Å². The Morgan fingerprint density at radius 2 is 1.74 bits per heavy atom. The summed E-state index contributed by atoms with van der Waals surface area (Å²) in [7, 11) is 0. The highest BCUT2D eigenvalue weighted by molar-refractivity contribution is 7.98. The fourth-order valence-corrected chi connectivity index (χ4v) is 5.15. The molecule has 2 aromatic carbocycles. The monoisotopic (exact) mass is 444 g/mol. The Labute approximate surface area is 188 Å². The fraction of sp³-hybridized carbons (Fsp3) is 0.125. The molecule has 0 amide bonds. The highest BCUT2D eigenvalue weighted by atomic mass is 32.2. The minimum absolute atomic E-state index is 0.737. The summed E-state index contributed by atoms with van der Waals surface area (Å²) in [5.74, 6) is 2.34. The van der Waals surface area contributed by atoms with Gasteiger partial charge in [0.1, 0.15) is 5.76 Å². The number of rotatable bonds is 7. The summed E-state index contributed by atoms with van der Waals surface area (Å²) in [6.45, 7) is 1.94. The molecule has 0 radical (unpaired) electrons. The maximum atomic E-state index is 5.50. The Kier molecular flexibility index (Phi) is 5.69. The first-order valence-corrected chi connectivity index (χ1v) is 11.8. The third kappa shape index (κ3) is 4.33. The van der Waals surface area contributed by atoms with Crippen molar-refractivity contribution < 1.29 is 4.42 Å². The number of hydrogen-bond acceptors (Lipinski definition) is 6. The van der Waals surface area contributed by atoms with Gasteiger partial charge in [0.25, 0.3) is 0 Å². The summed E-state index contributed by atoms with van der Waals surface area (Å²) in [6.07, 6.45) is 2.55. The van der Waals surface area contributed by atoms with Crippen LogP contribution in [0.5, 0.6) is 0 Å². The molecule has 0 saturated carbocycles. The van der Waals surface area contributed by atoms with E-state index in [-0.39, 0.29) is 0 Å². The van der Waals surface area contributed by atoms with Gasteiger partial charge in [-0.15, -0.1) is 21.5 Å². The summed E-state index contributed by atoms with van der Waals surface area (Å²) < 4.78 is 7.59. The van der Waals surface area contributed by atoms with Crippen LogP contribution in [0.15, 0.2) is 87.9 Å². The molecule has 0 aliphatic carbocycles. The van der Waals surface area contributed by atoms with Gasteiger partial charge in [-0.2, -0.15) is 0 Å². The molecular weight excluding hydrogens is 424 g/mol. The second-order valence-corrected chi connectivity index (χ2v) is 8.94. The average molecular weight is 445 g/mol. The number of aryl methyl sites for hydroxylation is 1. The van der Waals surface area contributed by atoms with Gasteiger partial charge < -0.3 is 4.42 Å². The quantitative estimate of drug-likeness (QED) is 0.281. The molecule has 5 nitrogen and oxygen atoms in total. The standard InChI is InChI=1S/C24H20N4OS2/c1-17-21(12-13-29-17)23-26-27-24(28(23)20-10-6-3-7-11-20)31-16-19-15-30-22(25-19)14-18-8-4-2-5-9-18/h2-13,15H,14,16H2,1H3. The van der Waals surface area contributed by atoms with Crippen LogP contribution in [-0.2, 0) is 12.2 Å². The van der Waals surface area contributed by atoms with Gasteiger partial charge >= 0.3 is 0 Å². The third-order valence-electron chi connectivity index (χ3n) is 4.89. The average Bonchev–Trinajstić information content (AvgIpc) is 3.53. The molecule has 0 fully saturated rings. The van der Waals surface area contributed by atoms with Crippen molar-refractivity contribution in [1.29, 1.82) is 0 Å². The van der Waals surface area contributed by atoms with Gasteiger partial charge in [0, 0.05) is 23.2 Å². The number of thioether (sulfide) groups is 1. The Morgan fingerprint density at radius 1 is 0.968 bits per heavy atom. The maximum absolute atomic E-state index is 5.50. The first-order valence-electron chi connectivity index (χ1n) is 9.93. The number of furan rings is 1. The van der Waals surface area contributed by atoms with E-state index < -0.39 is 0 Å². The van der Waals surface area contributed by atoms with Crippen LogP contribution in [0.1, 0.15) is 22.0 Å². The van der Waals surface area contributed by atoms with Gasteiger partial charge in [-0.1, -0.05) is 60.3 Å². The summed E-state index contributed by atoms with van der Waals surface area (Å²) >= 11 is 3.35. The number of aromatic nitrogens is 4. The van der Waals surface area contributed by atoms with Crippen LogP contribution in [0.4, 0.5) is 0 Å². The summed E-state index contributed by atoms with van der Waals surface area (Å²) in [6, 6.07) is 22.5. The highest BCUT2D eigenvalue weighted by Gasteiger charge is 2.19. The lowest BCUT2D eigenvalue weighted by Gasteiger charge is -2.09. The van der Waals surface area contributed by atoms with E-state index >= 15 is 0 Å². The highest BCUT2D eigenvalue weighted by Crippen LogP contribution is 2.31. The molecule has 31 heavy (non-hydrogen) atoms. The number of para-hydroxylation sites is 1. The Bertz CT molecular complexity index is 1280. The molecule has 0 unspecified atom stereocenters. The Balaban J connectivity index is 1.39. The first kappa shape index (κ1) is 19.8. The molecule has 0 saturated heterocycles. The predicted molar refractivity (Wildman–Crippen MR) is 125 cm³/mol. The van der Waals surface area contributed by atoms with Crippen molar-refractivity contribution in [2.45, 2.75) is 24.3 Å². The van der Waals surface area contributed by atoms with Gasteiger partial charge in [-0.3, -0.25) is 4.57 Å². The molecule has 0 aliphatic rings. The van der Waals surface area contributed by atoms with Crippen LogP contribution >= 0.6 is 23.1 Å². The lowest BCUT2D eigenvalue weighted by Crippen LogP contribution is -1.99. The van der Waals surface area contributed by atoms with Crippen molar-refractivity contribution in [3.8, 4) is 17.1 Å². The second-order valence-electron chi connectivity index (χ2n) is 7.05. The predicted octanol–water partition coefficient (Wildman–Crippen LogP) is 6.18. The van der Waals surface area contributed by atoms with Crippen molar-refractivity contribution in [3.05, 3.63) is 100 Å². The van der Waals surface area contributed by atoms with E-state index in [4.69, 9.17) is 9.40 Å². The van der Waals surface area contributed by atoms with E-state index in [0.29, 0.717) is 0 Å². The molecule has 154 valence electrons. The third-order valence-corrected chi connectivity index (χ3v) is 6.75. The van der Waals surface area contributed by atoms with Gasteiger partial charge in [0.15, 0.2) is 11.0 Å². The normalized spacial score (nSPS) is 11.1. The SMILES string of the molecule is Cc1occc1-c1nnc(SCc2csc(Cc3ccccc3)n2)n1-c1ccccc1. The van der Waals surface area contributed by atoms with E-state index in [1.807, 2.05) is 37.3 Å². The zero-order chi connectivity index (χ0) is 21.0. The molecule has 5 aromatic rings. The van der Waals surface area contributed by atoms with E-state index in [1.165, 1.54) is 5.56 Å².